The van der Waals surface area contributed by atoms with E-state index in [1.807, 2.05) is 30.3 Å². The van der Waals surface area contributed by atoms with Crippen LogP contribution in [-0.2, 0) is 14.4 Å². The van der Waals surface area contributed by atoms with Crippen LogP contribution in [0.2, 0.25) is 0 Å². The molecular formula is C24H28N4O4. The van der Waals surface area contributed by atoms with Gasteiger partial charge in [0.05, 0.1) is 6.04 Å². The quantitative estimate of drug-likeness (QED) is 0.596. The number of rotatable bonds is 6. The maximum Gasteiger partial charge on any atom is 0.271 e. The van der Waals surface area contributed by atoms with Gasteiger partial charge in [-0.15, -0.1) is 0 Å². The highest BCUT2D eigenvalue weighted by Gasteiger charge is 2.69. The van der Waals surface area contributed by atoms with Gasteiger partial charge in [0.15, 0.2) is 0 Å². The number of carbonyl (C=O) groups excluding carboxylic acids is 4. The van der Waals surface area contributed by atoms with Gasteiger partial charge in [-0.05, 0) is 42.2 Å². The summed E-state index contributed by atoms with van der Waals surface area (Å²) in [6.07, 6.45) is 1.63. The van der Waals surface area contributed by atoms with E-state index in [4.69, 9.17) is 0 Å². The molecule has 0 spiro atoms. The van der Waals surface area contributed by atoms with Crippen molar-refractivity contribution < 1.29 is 19.2 Å². The van der Waals surface area contributed by atoms with Crippen molar-refractivity contribution in [2.24, 2.45) is 23.2 Å². The van der Waals surface area contributed by atoms with Gasteiger partial charge in [0.25, 0.3) is 5.91 Å². The van der Waals surface area contributed by atoms with Gasteiger partial charge in [0.2, 0.25) is 11.8 Å². The van der Waals surface area contributed by atoms with Crippen LogP contribution in [-0.4, -0.2) is 59.1 Å². The molecule has 5 atom stereocenters. The van der Waals surface area contributed by atoms with Crippen molar-refractivity contribution in [1.82, 2.24) is 20.5 Å². The van der Waals surface area contributed by atoms with Gasteiger partial charge in [-0.3, -0.25) is 14.4 Å². The molecule has 0 radical (unpaired) electrons. The third-order valence-corrected chi connectivity index (χ3v) is 7.69. The van der Waals surface area contributed by atoms with Gasteiger partial charge in [-0.25, -0.2) is 0 Å². The first-order valence-electron chi connectivity index (χ1n) is 11.2. The first-order valence-corrected chi connectivity index (χ1v) is 11.2. The molecule has 168 valence electrons. The lowest BCUT2D eigenvalue weighted by Gasteiger charge is -2.30. The molecule has 3 N–H and O–H groups in total. The number of fused-ring (bicyclic) bond motifs is 2. The van der Waals surface area contributed by atoms with Gasteiger partial charge < -0.3 is 25.3 Å². The van der Waals surface area contributed by atoms with Crippen molar-refractivity contribution in [2.75, 3.05) is 13.1 Å². The molecule has 8 nitrogen and oxygen atoms in total. The summed E-state index contributed by atoms with van der Waals surface area (Å²) in [5.41, 5.74) is 1.30. The minimum atomic E-state index is -0.748. The second kappa shape index (κ2) is 7.46. The number of nitrogens with zero attached hydrogens (tertiary/aromatic N) is 1. The normalized spacial score (nSPS) is 28.8. The summed E-state index contributed by atoms with van der Waals surface area (Å²) in [5, 5.41) is 6.52. The monoisotopic (exact) mass is 436 g/mol. The third kappa shape index (κ3) is 3.29. The van der Waals surface area contributed by atoms with Gasteiger partial charge in [-0.1, -0.05) is 32.0 Å². The van der Waals surface area contributed by atoms with Crippen LogP contribution in [0.4, 0.5) is 0 Å². The second-order valence-electron chi connectivity index (χ2n) is 9.89. The fourth-order valence-corrected chi connectivity index (χ4v) is 5.73. The predicted octanol–water partition coefficient (Wildman–Crippen LogP) is 1.47. The highest BCUT2D eigenvalue weighted by atomic mass is 16.2. The van der Waals surface area contributed by atoms with E-state index in [2.05, 4.69) is 29.5 Å². The summed E-state index contributed by atoms with van der Waals surface area (Å²) in [5.74, 6) is -0.570. The number of aldehydes is 1. The average molecular weight is 437 g/mol. The fourth-order valence-electron chi connectivity index (χ4n) is 5.73. The van der Waals surface area contributed by atoms with Gasteiger partial charge in [0, 0.05) is 29.9 Å². The number of likely N-dealkylation sites (tertiary alicyclic amines) is 1. The van der Waals surface area contributed by atoms with Crippen LogP contribution in [0.15, 0.2) is 30.3 Å². The predicted molar refractivity (Wildman–Crippen MR) is 118 cm³/mol. The Kier molecular flexibility index (Phi) is 4.83. The minimum absolute atomic E-state index is 0.0265. The van der Waals surface area contributed by atoms with Crippen molar-refractivity contribution in [3.8, 4) is 0 Å². The van der Waals surface area contributed by atoms with Gasteiger partial charge >= 0.3 is 0 Å². The fraction of sp³-hybridized carbons (Fsp3) is 0.500. The summed E-state index contributed by atoms with van der Waals surface area (Å²) in [4.78, 5) is 55.1. The molecule has 5 rings (SSSR count). The summed E-state index contributed by atoms with van der Waals surface area (Å²) in [7, 11) is 0. The maximum atomic E-state index is 13.4. The van der Waals surface area contributed by atoms with E-state index in [9.17, 15) is 19.2 Å². The number of para-hydroxylation sites is 1. The average Bonchev–Trinajstić information content (AvgIpc) is 3.29. The number of hydrogen-bond acceptors (Lipinski definition) is 4. The van der Waals surface area contributed by atoms with Crippen LogP contribution in [0.5, 0.6) is 0 Å². The molecule has 1 aromatic heterocycles. The summed E-state index contributed by atoms with van der Waals surface area (Å²) in [6, 6.07) is 8.10. The summed E-state index contributed by atoms with van der Waals surface area (Å²) in [6.45, 7) is 5.35. The summed E-state index contributed by atoms with van der Waals surface area (Å²) >= 11 is 0. The Bertz CT molecular complexity index is 1070. The molecule has 3 amide bonds. The second-order valence-corrected chi connectivity index (χ2v) is 9.89. The lowest BCUT2D eigenvalue weighted by molar-refractivity contribution is -0.129. The first-order chi connectivity index (χ1) is 15.3. The number of aromatic nitrogens is 1. The van der Waals surface area contributed by atoms with Crippen LogP contribution in [0.3, 0.4) is 0 Å². The number of benzene rings is 1. The Morgan fingerprint density at radius 2 is 2.09 bits per heavy atom. The number of amides is 3. The zero-order valence-electron chi connectivity index (χ0n) is 18.3. The Balaban J connectivity index is 1.35. The number of piperidine rings is 1. The number of hydrogen-bond donors (Lipinski definition) is 3. The molecule has 3 fully saturated rings. The van der Waals surface area contributed by atoms with Crippen LogP contribution in [0.25, 0.3) is 10.9 Å². The number of carbonyl (C=O) groups is 4. The van der Waals surface area contributed by atoms with E-state index >= 15 is 0 Å². The SMILES string of the molecule is CC1(C)[C@@H]2[C@@H](C(=O)N[C@H](C=O)C[C@@H]3CCNC3=O)N(C(=O)c3cc4ccccc4[nH]3)C[C@@H]21. The molecule has 2 saturated heterocycles. The largest absolute Gasteiger partial charge is 0.356 e. The molecular weight excluding hydrogens is 408 g/mol. The lowest BCUT2D eigenvalue weighted by Crippen LogP contribution is -2.52. The highest BCUT2D eigenvalue weighted by molar-refractivity contribution is 6.01. The molecule has 2 aliphatic heterocycles. The van der Waals surface area contributed by atoms with Gasteiger partial charge in [-0.2, -0.15) is 0 Å². The lowest BCUT2D eigenvalue weighted by atomic mass is 9.97. The molecule has 0 unspecified atom stereocenters. The topological polar surface area (TPSA) is 111 Å². The molecule has 32 heavy (non-hydrogen) atoms. The standard InChI is InChI=1S/C24H28N4O4/c1-24(2)16-11-28(23(32)18-10-13-5-3-4-6-17(13)27-18)20(19(16)24)22(31)26-15(12-29)9-14-7-8-25-21(14)30/h3-6,10,12,14-16,19-20,27H,7-9,11H2,1-2H3,(H,25,30)(H,26,31)/t14-,15-,16-,19-,20-/m0/s1. The minimum Gasteiger partial charge on any atom is -0.356 e. The van der Waals surface area contributed by atoms with Crippen molar-refractivity contribution in [3.05, 3.63) is 36.0 Å². The van der Waals surface area contributed by atoms with E-state index in [0.29, 0.717) is 31.5 Å². The Hall–Kier alpha value is -3.16. The third-order valence-electron chi connectivity index (χ3n) is 7.69. The van der Waals surface area contributed by atoms with Gasteiger partial charge in [0.1, 0.15) is 18.0 Å². The van der Waals surface area contributed by atoms with Crippen LogP contribution < -0.4 is 10.6 Å². The smallest absolute Gasteiger partial charge is 0.271 e. The molecule has 1 aliphatic carbocycles. The number of nitrogens with one attached hydrogen (secondary N) is 3. The van der Waals surface area contributed by atoms with Crippen LogP contribution in [0.1, 0.15) is 37.2 Å². The van der Waals surface area contributed by atoms with E-state index in [1.165, 1.54) is 0 Å². The molecule has 3 aliphatic rings. The van der Waals surface area contributed by atoms with Crippen molar-refractivity contribution in [2.45, 2.75) is 38.8 Å². The first kappa shape index (κ1) is 20.7. The Morgan fingerprint density at radius 1 is 1.31 bits per heavy atom. The molecule has 8 heteroatoms. The van der Waals surface area contributed by atoms with E-state index < -0.39 is 12.1 Å². The molecule has 1 saturated carbocycles. The van der Waals surface area contributed by atoms with E-state index in [1.54, 1.807) is 4.90 Å². The van der Waals surface area contributed by atoms with E-state index in [-0.39, 0.29) is 47.3 Å². The molecule has 0 bridgehead atoms. The van der Waals surface area contributed by atoms with E-state index in [0.717, 1.165) is 10.9 Å². The Morgan fingerprint density at radius 3 is 2.78 bits per heavy atom. The van der Waals surface area contributed by atoms with Crippen molar-refractivity contribution >= 4 is 34.9 Å². The Labute approximate surface area is 186 Å². The molecule has 2 aromatic rings. The number of aromatic amines is 1. The highest BCUT2D eigenvalue weighted by Crippen LogP contribution is 2.65. The molecule has 3 heterocycles. The van der Waals surface area contributed by atoms with Crippen LogP contribution in [0, 0.1) is 23.2 Å². The number of H-pyrrole nitrogens is 1. The molecule has 1 aromatic carbocycles. The zero-order valence-corrected chi connectivity index (χ0v) is 18.3. The van der Waals surface area contributed by atoms with Crippen LogP contribution >= 0.6 is 0 Å². The maximum absolute atomic E-state index is 13.4. The van der Waals surface area contributed by atoms with Crippen molar-refractivity contribution in [3.63, 3.8) is 0 Å². The van der Waals surface area contributed by atoms with Crippen molar-refractivity contribution in [1.29, 1.82) is 0 Å². The summed E-state index contributed by atoms with van der Waals surface area (Å²) < 4.78 is 0. The zero-order chi connectivity index (χ0) is 22.6.